The Morgan fingerprint density at radius 2 is 1.79 bits per heavy atom. The summed E-state index contributed by atoms with van der Waals surface area (Å²) in [5, 5.41) is 2.92. The Labute approximate surface area is 170 Å². The van der Waals surface area contributed by atoms with Crippen LogP contribution in [0.1, 0.15) is 38.3 Å². The van der Waals surface area contributed by atoms with Crippen molar-refractivity contribution in [2.24, 2.45) is 5.92 Å². The van der Waals surface area contributed by atoms with Gasteiger partial charge in [0.2, 0.25) is 11.8 Å². The van der Waals surface area contributed by atoms with Gasteiger partial charge >= 0.3 is 0 Å². The lowest BCUT2D eigenvalue weighted by molar-refractivity contribution is -0.168. The minimum Gasteiger partial charge on any atom is -0.356 e. The zero-order valence-electron chi connectivity index (χ0n) is 17.1. The Balaban J connectivity index is 1.71. The van der Waals surface area contributed by atoms with Gasteiger partial charge in [-0.25, -0.2) is 4.39 Å². The summed E-state index contributed by atoms with van der Waals surface area (Å²) in [6.45, 7) is 4.60. The van der Waals surface area contributed by atoms with Crippen molar-refractivity contribution in [3.63, 3.8) is 0 Å². The van der Waals surface area contributed by atoms with Crippen molar-refractivity contribution in [1.82, 2.24) is 15.1 Å². The normalized spacial score (nSPS) is 23.4. The van der Waals surface area contributed by atoms with Crippen LogP contribution in [0, 0.1) is 11.7 Å². The number of rotatable bonds is 4. The van der Waals surface area contributed by atoms with Crippen molar-refractivity contribution < 1.29 is 23.5 Å². The molecule has 2 aliphatic heterocycles. The summed E-state index contributed by atoms with van der Waals surface area (Å²) in [7, 11) is 1.63. The molecule has 1 aromatic rings. The molecule has 158 valence electrons. The van der Waals surface area contributed by atoms with Crippen molar-refractivity contribution in [2.45, 2.75) is 44.9 Å². The van der Waals surface area contributed by atoms with Gasteiger partial charge in [-0.1, -0.05) is 12.1 Å². The van der Waals surface area contributed by atoms with Gasteiger partial charge in [0.25, 0.3) is 5.91 Å². The van der Waals surface area contributed by atoms with Crippen LogP contribution in [0.3, 0.4) is 0 Å². The van der Waals surface area contributed by atoms with Crippen molar-refractivity contribution in [2.75, 3.05) is 26.7 Å². The van der Waals surface area contributed by atoms with Crippen LogP contribution in [0.5, 0.6) is 0 Å². The monoisotopic (exact) mass is 405 g/mol. The Hall–Kier alpha value is -2.48. The van der Waals surface area contributed by atoms with Gasteiger partial charge in [0, 0.05) is 32.1 Å². The number of amides is 3. The average molecular weight is 405 g/mol. The molecule has 0 aromatic heterocycles. The number of benzene rings is 1. The number of likely N-dealkylation sites (N-methyl/N-ethyl adjacent to an activating group) is 1. The van der Waals surface area contributed by atoms with E-state index < -0.39 is 12.1 Å². The van der Waals surface area contributed by atoms with Gasteiger partial charge in [0.15, 0.2) is 6.10 Å². The molecule has 0 spiro atoms. The van der Waals surface area contributed by atoms with Crippen LogP contribution in [0.15, 0.2) is 24.3 Å². The highest BCUT2D eigenvalue weighted by molar-refractivity contribution is 5.87. The Bertz CT molecular complexity index is 760. The quantitative estimate of drug-likeness (QED) is 0.823. The number of hydrogen-bond donors (Lipinski definition) is 1. The van der Waals surface area contributed by atoms with E-state index in [1.807, 2.05) is 13.8 Å². The smallest absolute Gasteiger partial charge is 0.254 e. The first-order valence-electron chi connectivity index (χ1n) is 9.99. The summed E-state index contributed by atoms with van der Waals surface area (Å²) in [6, 6.07) is 5.22. The second kappa shape index (κ2) is 8.90. The lowest BCUT2D eigenvalue weighted by atomic mass is 9.93. The van der Waals surface area contributed by atoms with Gasteiger partial charge in [-0.3, -0.25) is 14.4 Å². The Morgan fingerprint density at radius 3 is 2.38 bits per heavy atom. The summed E-state index contributed by atoms with van der Waals surface area (Å²) < 4.78 is 19.0. The first-order valence-corrected chi connectivity index (χ1v) is 9.99. The topological polar surface area (TPSA) is 79.0 Å². The van der Waals surface area contributed by atoms with Crippen LogP contribution < -0.4 is 5.32 Å². The fourth-order valence-electron chi connectivity index (χ4n) is 3.92. The van der Waals surface area contributed by atoms with E-state index in [4.69, 9.17) is 4.74 Å². The van der Waals surface area contributed by atoms with Crippen LogP contribution in [0.25, 0.3) is 0 Å². The van der Waals surface area contributed by atoms with Crippen molar-refractivity contribution in [3.8, 4) is 0 Å². The molecule has 0 saturated carbocycles. The molecule has 1 N–H and O–H groups in total. The molecule has 0 aliphatic carbocycles. The molecule has 7 nitrogen and oxygen atoms in total. The minimum absolute atomic E-state index is 0.0236. The third kappa shape index (κ3) is 4.75. The molecule has 2 aliphatic rings. The van der Waals surface area contributed by atoms with Gasteiger partial charge in [0.1, 0.15) is 12.4 Å². The van der Waals surface area contributed by atoms with E-state index in [9.17, 15) is 18.8 Å². The maximum atomic E-state index is 13.3. The van der Waals surface area contributed by atoms with Gasteiger partial charge in [0.05, 0.1) is 6.04 Å². The summed E-state index contributed by atoms with van der Waals surface area (Å²) in [4.78, 5) is 40.8. The van der Waals surface area contributed by atoms with Gasteiger partial charge in [-0.2, -0.15) is 0 Å². The number of carbonyl (C=O) groups is 3. The van der Waals surface area contributed by atoms with Crippen molar-refractivity contribution in [3.05, 3.63) is 35.6 Å². The van der Waals surface area contributed by atoms with E-state index in [0.29, 0.717) is 31.5 Å². The molecule has 2 unspecified atom stereocenters. The maximum absolute atomic E-state index is 13.3. The minimum atomic E-state index is -0.857. The molecule has 2 heterocycles. The highest BCUT2D eigenvalue weighted by Gasteiger charge is 2.42. The number of piperidine rings is 1. The SMILES string of the molecule is CC(C)NC(=O)C1CCN(C(=O)C2OCC(=O)N(C)C2c2ccc(F)cc2)CC1. The molecule has 3 rings (SSSR count). The molecule has 3 amide bonds. The second-order valence-corrected chi connectivity index (χ2v) is 8.00. The van der Waals surface area contributed by atoms with Gasteiger partial charge < -0.3 is 19.9 Å². The highest BCUT2D eigenvalue weighted by atomic mass is 19.1. The predicted octanol–water partition coefficient (Wildman–Crippen LogP) is 1.49. The van der Waals surface area contributed by atoms with E-state index in [-0.39, 0.29) is 42.1 Å². The van der Waals surface area contributed by atoms with E-state index in [1.54, 1.807) is 24.1 Å². The van der Waals surface area contributed by atoms with E-state index >= 15 is 0 Å². The molecular weight excluding hydrogens is 377 g/mol. The zero-order chi connectivity index (χ0) is 21.1. The summed E-state index contributed by atoms with van der Waals surface area (Å²) in [5.74, 6) is -0.903. The number of likely N-dealkylation sites (tertiary alicyclic amines) is 1. The average Bonchev–Trinajstić information content (AvgIpc) is 2.70. The third-order valence-corrected chi connectivity index (χ3v) is 5.55. The fourth-order valence-corrected chi connectivity index (χ4v) is 3.92. The van der Waals surface area contributed by atoms with E-state index in [0.717, 1.165) is 0 Å². The number of nitrogens with zero attached hydrogens (tertiary/aromatic N) is 2. The highest BCUT2D eigenvalue weighted by Crippen LogP contribution is 2.31. The first-order chi connectivity index (χ1) is 13.8. The number of carbonyl (C=O) groups excluding carboxylic acids is 3. The third-order valence-electron chi connectivity index (χ3n) is 5.55. The molecule has 8 heteroatoms. The van der Waals surface area contributed by atoms with Crippen LogP contribution in [0.2, 0.25) is 0 Å². The first kappa shape index (κ1) is 21.2. The van der Waals surface area contributed by atoms with Crippen molar-refractivity contribution in [1.29, 1.82) is 0 Å². The second-order valence-electron chi connectivity index (χ2n) is 8.00. The molecule has 2 fully saturated rings. The number of nitrogens with one attached hydrogen (secondary N) is 1. The molecule has 29 heavy (non-hydrogen) atoms. The summed E-state index contributed by atoms with van der Waals surface area (Å²) >= 11 is 0. The lowest BCUT2D eigenvalue weighted by Crippen LogP contribution is -2.55. The Kier molecular flexibility index (Phi) is 6.52. The number of halogens is 1. The molecule has 0 radical (unpaired) electrons. The largest absolute Gasteiger partial charge is 0.356 e. The summed E-state index contributed by atoms with van der Waals surface area (Å²) in [6.07, 6.45) is 0.323. The van der Waals surface area contributed by atoms with Gasteiger partial charge in [-0.05, 0) is 44.4 Å². The van der Waals surface area contributed by atoms with Crippen molar-refractivity contribution >= 4 is 17.7 Å². The zero-order valence-corrected chi connectivity index (χ0v) is 17.1. The van der Waals surface area contributed by atoms with Gasteiger partial charge in [-0.15, -0.1) is 0 Å². The predicted molar refractivity (Wildman–Crippen MR) is 104 cm³/mol. The maximum Gasteiger partial charge on any atom is 0.254 e. The molecule has 1 aromatic carbocycles. The lowest BCUT2D eigenvalue weighted by Gasteiger charge is -2.41. The summed E-state index contributed by atoms with van der Waals surface area (Å²) in [5.41, 5.74) is 0.645. The van der Waals surface area contributed by atoms with E-state index in [2.05, 4.69) is 5.32 Å². The number of ether oxygens (including phenoxy) is 1. The molecule has 0 bridgehead atoms. The van der Waals surface area contributed by atoms with E-state index in [1.165, 1.54) is 17.0 Å². The fraction of sp³-hybridized carbons (Fsp3) is 0.571. The molecular formula is C21H28FN3O4. The Morgan fingerprint density at radius 1 is 1.17 bits per heavy atom. The number of hydrogen-bond acceptors (Lipinski definition) is 4. The number of morpholine rings is 1. The molecule has 2 saturated heterocycles. The van der Waals surface area contributed by atoms with Crippen LogP contribution in [0.4, 0.5) is 4.39 Å². The standard InChI is InChI=1S/C21H28FN3O4/c1-13(2)23-20(27)15-8-10-25(11-9-15)21(28)19-18(24(3)17(26)12-29-19)14-4-6-16(22)7-5-14/h4-7,13,15,18-19H,8-12H2,1-3H3,(H,23,27). The van der Waals surface area contributed by atoms with Crippen LogP contribution in [-0.2, 0) is 19.1 Å². The van der Waals surface area contributed by atoms with Crippen LogP contribution >= 0.6 is 0 Å². The molecule has 2 atom stereocenters. The van der Waals surface area contributed by atoms with Crippen LogP contribution in [-0.4, -0.2) is 66.4 Å².